The molecule has 3 rings (SSSR count). The normalized spacial score (nSPS) is 10.3. The van der Waals surface area contributed by atoms with Crippen molar-refractivity contribution in [2.75, 3.05) is 26.6 Å². The number of anilines is 1. The van der Waals surface area contributed by atoms with E-state index in [1.54, 1.807) is 44.9 Å². The molecule has 1 N–H and O–H groups in total. The number of nitrogens with zero attached hydrogens (tertiary/aromatic N) is 1. The van der Waals surface area contributed by atoms with E-state index in [0.29, 0.717) is 28.6 Å². The summed E-state index contributed by atoms with van der Waals surface area (Å²) in [6.07, 6.45) is 0. The Morgan fingerprint density at radius 3 is 2.42 bits per heavy atom. The van der Waals surface area contributed by atoms with Crippen molar-refractivity contribution in [3.63, 3.8) is 0 Å². The lowest BCUT2D eigenvalue weighted by Gasteiger charge is -2.10. The number of nitrogens with one attached hydrogen (secondary N) is 1. The van der Waals surface area contributed by atoms with Crippen molar-refractivity contribution in [1.29, 1.82) is 0 Å². The lowest BCUT2D eigenvalue weighted by Crippen LogP contribution is -2.12. The average Bonchev–Trinajstić information content (AvgIpc) is 3.18. The van der Waals surface area contributed by atoms with Crippen LogP contribution in [0.2, 0.25) is 0 Å². The lowest BCUT2D eigenvalue weighted by atomic mass is 10.2. The van der Waals surface area contributed by atoms with Gasteiger partial charge < -0.3 is 19.5 Å². The number of hydrogen-bond donors (Lipinski definition) is 1. The minimum absolute atomic E-state index is 0.297. The number of aromatic nitrogens is 1. The largest absolute Gasteiger partial charge is 0.496 e. The Morgan fingerprint density at radius 2 is 1.69 bits per heavy atom. The molecule has 0 aliphatic carbocycles. The van der Waals surface area contributed by atoms with Gasteiger partial charge in [-0.25, -0.2) is 4.98 Å². The van der Waals surface area contributed by atoms with Crippen LogP contribution >= 0.6 is 11.3 Å². The van der Waals surface area contributed by atoms with E-state index >= 15 is 0 Å². The summed E-state index contributed by atoms with van der Waals surface area (Å²) in [6, 6.07) is 12.7. The van der Waals surface area contributed by atoms with Crippen molar-refractivity contribution in [2.45, 2.75) is 0 Å². The van der Waals surface area contributed by atoms with E-state index in [1.165, 1.54) is 11.3 Å². The molecule has 0 aliphatic heterocycles. The predicted octanol–water partition coefficient (Wildman–Crippen LogP) is 4.09. The fraction of sp³-hybridized carbons (Fsp3) is 0.158. The molecular formula is C19H18N2O4S. The monoisotopic (exact) mass is 370 g/mol. The Bertz CT molecular complexity index is 923. The van der Waals surface area contributed by atoms with Crippen LogP contribution < -0.4 is 19.5 Å². The summed E-state index contributed by atoms with van der Waals surface area (Å²) in [6.45, 7) is 0. The highest BCUT2D eigenvalue weighted by atomic mass is 32.1. The molecule has 1 heterocycles. The maximum absolute atomic E-state index is 12.5. The number of carbonyl (C=O) groups is 1. The average molecular weight is 370 g/mol. The number of amides is 1. The molecule has 3 aromatic rings. The van der Waals surface area contributed by atoms with Crippen molar-refractivity contribution in [2.24, 2.45) is 0 Å². The van der Waals surface area contributed by atoms with Gasteiger partial charge in [0, 0.05) is 17.1 Å². The fourth-order valence-corrected chi connectivity index (χ4v) is 3.26. The van der Waals surface area contributed by atoms with E-state index in [9.17, 15) is 4.79 Å². The third-order valence-electron chi connectivity index (χ3n) is 3.72. The van der Waals surface area contributed by atoms with E-state index < -0.39 is 0 Å². The van der Waals surface area contributed by atoms with Crippen LogP contribution in [0.5, 0.6) is 17.2 Å². The number of para-hydroxylation sites is 1. The Balaban J connectivity index is 1.80. The lowest BCUT2D eigenvalue weighted by molar-refractivity contribution is 0.102. The fourth-order valence-electron chi connectivity index (χ4n) is 2.43. The summed E-state index contributed by atoms with van der Waals surface area (Å²) in [5.41, 5.74) is 1.79. The summed E-state index contributed by atoms with van der Waals surface area (Å²) < 4.78 is 15.8. The SMILES string of the molecule is COc1ccc(NC(=O)c2csc(-c3ccccc3OC)n2)cc1OC. The zero-order valence-electron chi connectivity index (χ0n) is 14.6. The van der Waals surface area contributed by atoms with Gasteiger partial charge in [0.25, 0.3) is 5.91 Å². The number of benzene rings is 2. The molecule has 26 heavy (non-hydrogen) atoms. The van der Waals surface area contributed by atoms with E-state index in [1.807, 2.05) is 24.3 Å². The summed E-state index contributed by atoms with van der Waals surface area (Å²) >= 11 is 1.39. The first kappa shape index (κ1) is 17.8. The number of hydrogen-bond acceptors (Lipinski definition) is 6. The van der Waals surface area contributed by atoms with E-state index in [0.717, 1.165) is 10.6 Å². The Labute approximate surface area is 155 Å². The van der Waals surface area contributed by atoms with Crippen molar-refractivity contribution in [3.05, 3.63) is 53.5 Å². The van der Waals surface area contributed by atoms with Gasteiger partial charge in [0.1, 0.15) is 16.5 Å². The first-order valence-corrected chi connectivity index (χ1v) is 8.66. The van der Waals surface area contributed by atoms with E-state index in [4.69, 9.17) is 14.2 Å². The second kappa shape index (κ2) is 7.88. The van der Waals surface area contributed by atoms with Gasteiger partial charge in [-0.1, -0.05) is 12.1 Å². The Hall–Kier alpha value is -3.06. The minimum atomic E-state index is -0.297. The third-order valence-corrected chi connectivity index (χ3v) is 4.59. The second-order valence-electron chi connectivity index (χ2n) is 5.26. The highest BCUT2D eigenvalue weighted by Gasteiger charge is 2.15. The number of carbonyl (C=O) groups excluding carboxylic acids is 1. The first-order valence-electron chi connectivity index (χ1n) is 7.78. The van der Waals surface area contributed by atoms with Crippen LogP contribution in [0.1, 0.15) is 10.5 Å². The van der Waals surface area contributed by atoms with E-state index in [-0.39, 0.29) is 5.91 Å². The summed E-state index contributed by atoms with van der Waals surface area (Å²) in [4.78, 5) is 16.9. The third kappa shape index (κ3) is 3.62. The van der Waals surface area contributed by atoms with Crippen LogP contribution in [-0.2, 0) is 0 Å². The van der Waals surface area contributed by atoms with Crippen molar-refractivity contribution < 1.29 is 19.0 Å². The van der Waals surface area contributed by atoms with Crippen LogP contribution in [-0.4, -0.2) is 32.2 Å². The van der Waals surface area contributed by atoms with Crippen LogP contribution in [0, 0.1) is 0 Å². The van der Waals surface area contributed by atoms with Gasteiger partial charge in [0.2, 0.25) is 0 Å². The molecule has 2 aromatic carbocycles. The predicted molar refractivity (Wildman–Crippen MR) is 102 cm³/mol. The van der Waals surface area contributed by atoms with E-state index in [2.05, 4.69) is 10.3 Å². The Kier molecular flexibility index (Phi) is 5.38. The molecule has 0 aliphatic rings. The van der Waals surface area contributed by atoms with Crippen LogP contribution in [0.25, 0.3) is 10.6 Å². The molecule has 134 valence electrons. The molecule has 0 unspecified atom stereocenters. The summed E-state index contributed by atoms with van der Waals surface area (Å²) in [5, 5.41) is 5.26. The molecule has 1 amide bonds. The summed E-state index contributed by atoms with van der Waals surface area (Å²) in [7, 11) is 4.71. The highest BCUT2D eigenvalue weighted by molar-refractivity contribution is 7.13. The maximum Gasteiger partial charge on any atom is 0.275 e. The van der Waals surface area contributed by atoms with Gasteiger partial charge in [0.15, 0.2) is 11.5 Å². The molecule has 0 bridgehead atoms. The molecule has 0 radical (unpaired) electrons. The zero-order valence-corrected chi connectivity index (χ0v) is 15.4. The number of rotatable bonds is 6. The minimum Gasteiger partial charge on any atom is -0.496 e. The Morgan fingerprint density at radius 1 is 0.962 bits per heavy atom. The zero-order chi connectivity index (χ0) is 18.5. The number of thiazole rings is 1. The number of methoxy groups -OCH3 is 3. The number of ether oxygens (including phenoxy) is 3. The van der Waals surface area contributed by atoms with Crippen LogP contribution in [0.4, 0.5) is 5.69 Å². The first-order chi connectivity index (χ1) is 12.7. The quantitative estimate of drug-likeness (QED) is 0.708. The second-order valence-corrected chi connectivity index (χ2v) is 6.12. The topological polar surface area (TPSA) is 69.7 Å². The van der Waals surface area contributed by atoms with Gasteiger partial charge in [0.05, 0.1) is 26.9 Å². The smallest absolute Gasteiger partial charge is 0.275 e. The van der Waals surface area contributed by atoms with Gasteiger partial charge in [-0.2, -0.15) is 0 Å². The molecule has 0 fully saturated rings. The molecule has 0 spiro atoms. The van der Waals surface area contributed by atoms with Gasteiger partial charge in [-0.05, 0) is 24.3 Å². The van der Waals surface area contributed by atoms with Gasteiger partial charge in [-0.15, -0.1) is 11.3 Å². The molecule has 7 heteroatoms. The van der Waals surface area contributed by atoms with Gasteiger partial charge >= 0.3 is 0 Å². The molecule has 0 saturated carbocycles. The van der Waals surface area contributed by atoms with Crippen molar-refractivity contribution >= 4 is 22.9 Å². The molecule has 1 aromatic heterocycles. The van der Waals surface area contributed by atoms with Crippen molar-refractivity contribution in [3.8, 4) is 27.8 Å². The van der Waals surface area contributed by atoms with Crippen LogP contribution in [0.15, 0.2) is 47.8 Å². The standard InChI is InChI=1S/C19H18N2O4S/c1-23-15-7-5-4-6-13(15)19-21-14(11-26-19)18(22)20-12-8-9-16(24-2)17(10-12)25-3/h4-11H,1-3H3,(H,20,22). The maximum atomic E-state index is 12.5. The van der Waals surface area contributed by atoms with Crippen LogP contribution in [0.3, 0.4) is 0 Å². The molecule has 6 nitrogen and oxygen atoms in total. The molecule has 0 atom stereocenters. The highest BCUT2D eigenvalue weighted by Crippen LogP contribution is 2.33. The molecular weight excluding hydrogens is 352 g/mol. The van der Waals surface area contributed by atoms with Gasteiger partial charge in [-0.3, -0.25) is 4.79 Å². The van der Waals surface area contributed by atoms with Crippen molar-refractivity contribution in [1.82, 2.24) is 4.98 Å². The summed E-state index contributed by atoms with van der Waals surface area (Å²) in [5.74, 6) is 1.55. The molecule has 0 saturated heterocycles.